The maximum Gasteiger partial charge on any atom is 0.433 e. The number of aromatic nitrogens is 2. The number of rotatable bonds is 3. The van der Waals surface area contributed by atoms with Crippen molar-refractivity contribution >= 4 is 16.9 Å². The lowest BCUT2D eigenvalue weighted by Gasteiger charge is -2.15. The van der Waals surface area contributed by atoms with E-state index in [1.807, 2.05) is 0 Å². The van der Waals surface area contributed by atoms with Gasteiger partial charge in [-0.1, -0.05) is 13.0 Å². The summed E-state index contributed by atoms with van der Waals surface area (Å²) in [5.74, 6) is -1.45. The van der Waals surface area contributed by atoms with E-state index in [2.05, 4.69) is 9.97 Å². The van der Waals surface area contributed by atoms with E-state index in [1.165, 1.54) is 18.3 Å². The minimum absolute atomic E-state index is 0.102. The smallest absolute Gasteiger partial charge is 0.433 e. The van der Waals surface area contributed by atoms with Gasteiger partial charge in [0.2, 0.25) is 0 Å². The first kappa shape index (κ1) is 16.9. The number of carbonyl (C=O) groups is 1. The molecule has 1 atom stereocenters. The number of aromatic carboxylic acids is 1. The van der Waals surface area contributed by atoms with Crippen LogP contribution in [0.4, 0.5) is 13.2 Å². The van der Waals surface area contributed by atoms with Crippen LogP contribution in [0, 0.1) is 0 Å². The Hall–Kier alpha value is -2.96. The fourth-order valence-electron chi connectivity index (χ4n) is 2.68. The van der Waals surface area contributed by atoms with Gasteiger partial charge in [-0.2, -0.15) is 13.2 Å². The molecule has 7 heteroatoms. The Kier molecular flexibility index (Phi) is 4.16. The van der Waals surface area contributed by atoms with Crippen molar-refractivity contribution in [3.8, 4) is 0 Å². The van der Waals surface area contributed by atoms with Crippen LogP contribution in [-0.2, 0) is 6.18 Å². The first-order chi connectivity index (χ1) is 11.8. The number of nitrogens with zero attached hydrogens (tertiary/aromatic N) is 2. The molecular weight excluding hydrogens is 333 g/mol. The number of benzene rings is 1. The van der Waals surface area contributed by atoms with Crippen molar-refractivity contribution in [1.82, 2.24) is 9.97 Å². The van der Waals surface area contributed by atoms with E-state index in [-0.39, 0.29) is 11.5 Å². The molecular formula is C18H13F3N2O2. The normalized spacial score (nSPS) is 13.0. The summed E-state index contributed by atoms with van der Waals surface area (Å²) in [7, 11) is 0. The van der Waals surface area contributed by atoms with Crippen LogP contribution in [0.3, 0.4) is 0 Å². The molecule has 1 N–H and O–H groups in total. The van der Waals surface area contributed by atoms with Crippen LogP contribution < -0.4 is 0 Å². The molecule has 25 heavy (non-hydrogen) atoms. The Bertz CT molecular complexity index is 954. The summed E-state index contributed by atoms with van der Waals surface area (Å²) in [6.07, 6.45) is -1.98. The molecule has 128 valence electrons. The molecule has 0 aliphatic rings. The maximum atomic E-state index is 12.8. The lowest BCUT2D eigenvalue weighted by molar-refractivity contribution is -0.141. The zero-order chi connectivity index (χ0) is 18.2. The summed E-state index contributed by atoms with van der Waals surface area (Å²) < 4.78 is 38.5. The highest BCUT2D eigenvalue weighted by Gasteiger charge is 2.32. The van der Waals surface area contributed by atoms with Crippen LogP contribution in [-0.4, -0.2) is 21.0 Å². The van der Waals surface area contributed by atoms with E-state index in [0.29, 0.717) is 22.0 Å². The molecule has 3 rings (SSSR count). The molecule has 3 aromatic rings. The second kappa shape index (κ2) is 6.16. The van der Waals surface area contributed by atoms with Crippen LogP contribution in [0.1, 0.15) is 40.0 Å². The summed E-state index contributed by atoms with van der Waals surface area (Å²) in [4.78, 5) is 18.8. The second-order valence-corrected chi connectivity index (χ2v) is 5.63. The number of carboxylic acids is 1. The first-order valence-corrected chi connectivity index (χ1v) is 7.42. The quantitative estimate of drug-likeness (QED) is 0.758. The summed E-state index contributed by atoms with van der Waals surface area (Å²) in [5, 5.41) is 9.74. The molecule has 0 aliphatic carbocycles. The van der Waals surface area contributed by atoms with E-state index in [4.69, 9.17) is 0 Å². The van der Waals surface area contributed by atoms with E-state index in [9.17, 15) is 23.1 Å². The maximum absolute atomic E-state index is 12.8. The van der Waals surface area contributed by atoms with Crippen molar-refractivity contribution in [2.45, 2.75) is 19.0 Å². The van der Waals surface area contributed by atoms with Crippen LogP contribution in [0.25, 0.3) is 10.9 Å². The van der Waals surface area contributed by atoms with Gasteiger partial charge in [0.05, 0.1) is 11.1 Å². The molecule has 0 fully saturated rings. The van der Waals surface area contributed by atoms with Gasteiger partial charge in [0, 0.05) is 23.7 Å². The molecule has 1 aromatic carbocycles. The number of hydrogen-bond acceptors (Lipinski definition) is 3. The number of carboxylic acid groups (broad SMARTS) is 1. The van der Waals surface area contributed by atoms with Gasteiger partial charge in [0.25, 0.3) is 0 Å². The zero-order valence-electron chi connectivity index (χ0n) is 13.1. The molecule has 0 radical (unpaired) electrons. The van der Waals surface area contributed by atoms with Gasteiger partial charge in [-0.15, -0.1) is 0 Å². The third-order valence-corrected chi connectivity index (χ3v) is 4.07. The Morgan fingerprint density at radius 3 is 2.40 bits per heavy atom. The zero-order valence-corrected chi connectivity index (χ0v) is 13.1. The van der Waals surface area contributed by atoms with Gasteiger partial charge in [0.15, 0.2) is 0 Å². The van der Waals surface area contributed by atoms with Gasteiger partial charge >= 0.3 is 12.1 Å². The number of hydrogen-bond donors (Lipinski definition) is 1. The van der Waals surface area contributed by atoms with Crippen molar-refractivity contribution < 1.29 is 23.1 Å². The van der Waals surface area contributed by atoms with Gasteiger partial charge in [-0.3, -0.25) is 9.97 Å². The summed E-state index contributed by atoms with van der Waals surface area (Å²) in [6.45, 7) is 1.76. The average molecular weight is 346 g/mol. The number of pyridine rings is 2. The Morgan fingerprint density at radius 1 is 1.04 bits per heavy atom. The molecule has 0 saturated heterocycles. The molecule has 0 spiro atoms. The largest absolute Gasteiger partial charge is 0.478 e. The van der Waals surface area contributed by atoms with E-state index >= 15 is 0 Å². The van der Waals surface area contributed by atoms with Gasteiger partial charge < -0.3 is 5.11 Å². The summed E-state index contributed by atoms with van der Waals surface area (Å²) in [5.41, 5.74) is 0.807. The molecule has 4 nitrogen and oxygen atoms in total. The molecule has 0 amide bonds. The minimum atomic E-state index is -4.51. The highest BCUT2D eigenvalue weighted by Crippen LogP contribution is 2.32. The highest BCUT2D eigenvalue weighted by atomic mass is 19.4. The van der Waals surface area contributed by atoms with E-state index in [1.54, 1.807) is 25.1 Å². The van der Waals surface area contributed by atoms with E-state index in [0.717, 1.165) is 12.3 Å². The Morgan fingerprint density at radius 2 is 1.72 bits per heavy atom. The van der Waals surface area contributed by atoms with Crippen molar-refractivity contribution in [3.05, 3.63) is 71.2 Å². The number of halogens is 3. The fourth-order valence-corrected chi connectivity index (χ4v) is 2.68. The SMILES string of the molecule is C[C@@H](c1ccnc(C(F)(F)F)c1)c1ccc2nccc(C(=O)O)c2c1. The molecule has 2 heterocycles. The monoisotopic (exact) mass is 346 g/mol. The number of fused-ring (bicyclic) bond motifs is 1. The molecule has 2 aromatic heterocycles. The highest BCUT2D eigenvalue weighted by molar-refractivity contribution is 6.02. The lowest BCUT2D eigenvalue weighted by Crippen LogP contribution is -2.09. The third kappa shape index (κ3) is 3.31. The van der Waals surface area contributed by atoms with Gasteiger partial charge in [0.1, 0.15) is 5.69 Å². The predicted molar refractivity (Wildman–Crippen MR) is 85.5 cm³/mol. The minimum Gasteiger partial charge on any atom is -0.478 e. The van der Waals surface area contributed by atoms with Crippen molar-refractivity contribution in [1.29, 1.82) is 0 Å². The fraction of sp³-hybridized carbons (Fsp3) is 0.167. The van der Waals surface area contributed by atoms with Crippen LogP contribution in [0.15, 0.2) is 48.8 Å². The molecule has 0 aliphatic heterocycles. The van der Waals surface area contributed by atoms with Crippen molar-refractivity contribution in [2.24, 2.45) is 0 Å². The van der Waals surface area contributed by atoms with E-state index < -0.39 is 17.8 Å². The average Bonchev–Trinajstić information content (AvgIpc) is 2.59. The van der Waals surface area contributed by atoms with Crippen molar-refractivity contribution in [2.75, 3.05) is 0 Å². The Labute approximate surface area is 141 Å². The summed E-state index contributed by atoms with van der Waals surface area (Å²) in [6, 6.07) is 8.98. The van der Waals surface area contributed by atoms with Gasteiger partial charge in [-0.05, 0) is 41.5 Å². The van der Waals surface area contributed by atoms with Gasteiger partial charge in [-0.25, -0.2) is 4.79 Å². The third-order valence-electron chi connectivity index (χ3n) is 4.07. The standard InChI is InChI=1S/C18H13F3N2O2/c1-10(12-4-6-23-16(9-12)18(19,20)21)11-2-3-15-14(8-11)13(17(24)25)5-7-22-15/h2-10H,1H3,(H,24,25)/t10-/m1/s1. The second-order valence-electron chi connectivity index (χ2n) is 5.63. The topological polar surface area (TPSA) is 63.1 Å². The first-order valence-electron chi connectivity index (χ1n) is 7.42. The molecule has 0 bridgehead atoms. The number of alkyl halides is 3. The van der Waals surface area contributed by atoms with Crippen molar-refractivity contribution in [3.63, 3.8) is 0 Å². The lowest BCUT2D eigenvalue weighted by atomic mass is 9.91. The summed E-state index contributed by atoms with van der Waals surface area (Å²) >= 11 is 0. The predicted octanol–water partition coefficient (Wildman–Crippen LogP) is 4.50. The Balaban J connectivity index is 2.07. The molecule has 0 saturated carbocycles. The van der Waals surface area contributed by atoms with Crippen LogP contribution in [0.2, 0.25) is 0 Å². The van der Waals surface area contributed by atoms with Crippen LogP contribution in [0.5, 0.6) is 0 Å². The molecule has 0 unspecified atom stereocenters. The van der Waals surface area contributed by atoms with Crippen LogP contribution >= 0.6 is 0 Å².